The van der Waals surface area contributed by atoms with Gasteiger partial charge in [0, 0.05) is 57.0 Å². The van der Waals surface area contributed by atoms with Crippen LogP contribution in [-0.4, -0.2) is 75.8 Å². The Labute approximate surface area is 178 Å². The second kappa shape index (κ2) is 9.39. The number of fused-ring (bicyclic) bond motifs is 1. The number of hydrogen-bond donors (Lipinski definition) is 1. The zero-order valence-electron chi connectivity index (χ0n) is 16.7. The average molecular weight is 429 g/mol. The number of carbonyl (C=O) groups excluding carboxylic acids is 1. The first-order valence-electron chi connectivity index (χ1n) is 9.63. The lowest BCUT2D eigenvalue weighted by molar-refractivity contribution is 0.0775. The number of aromatic nitrogens is 3. The number of nitrogens with zero attached hydrogens (tertiary/aromatic N) is 5. The van der Waals surface area contributed by atoms with E-state index in [9.17, 15) is 4.79 Å². The third-order valence-electron chi connectivity index (χ3n) is 5.53. The molecule has 1 amide bonds. The fourth-order valence-electron chi connectivity index (χ4n) is 4.14. The number of likely N-dealkylation sites (tertiary alicyclic amines) is 1. The summed E-state index contributed by atoms with van der Waals surface area (Å²) in [4.78, 5) is 22.4. The number of nitrogens with one attached hydrogen (secondary N) is 1. The Hall–Kier alpha value is -1.41. The molecule has 0 aliphatic carbocycles. The Balaban J connectivity index is 0.00000140. The molecule has 2 aromatic heterocycles. The van der Waals surface area contributed by atoms with Gasteiger partial charge in [0.05, 0.1) is 17.1 Å². The molecule has 4 rings (SSSR count). The summed E-state index contributed by atoms with van der Waals surface area (Å²) >= 11 is 0. The highest BCUT2D eigenvalue weighted by atomic mass is 35.5. The molecule has 0 spiro atoms. The highest BCUT2D eigenvalue weighted by Gasteiger charge is 2.32. The van der Waals surface area contributed by atoms with Gasteiger partial charge in [-0.25, -0.2) is 9.67 Å². The van der Waals surface area contributed by atoms with E-state index < -0.39 is 0 Å². The largest absolute Gasteiger partial charge is 0.337 e. The second-order valence-electron chi connectivity index (χ2n) is 7.71. The number of piperazine rings is 1. The maximum atomic E-state index is 13.3. The van der Waals surface area contributed by atoms with E-state index in [0.717, 1.165) is 68.0 Å². The van der Waals surface area contributed by atoms with Crippen molar-refractivity contribution < 1.29 is 4.79 Å². The summed E-state index contributed by atoms with van der Waals surface area (Å²) in [6, 6.07) is 2.61. The zero-order valence-corrected chi connectivity index (χ0v) is 18.4. The van der Waals surface area contributed by atoms with Crippen molar-refractivity contribution in [3.63, 3.8) is 0 Å². The van der Waals surface area contributed by atoms with Gasteiger partial charge in [-0.2, -0.15) is 5.10 Å². The summed E-state index contributed by atoms with van der Waals surface area (Å²) in [5.41, 5.74) is 2.41. The minimum Gasteiger partial charge on any atom is -0.337 e. The van der Waals surface area contributed by atoms with Crippen molar-refractivity contribution in [2.45, 2.75) is 39.3 Å². The Kier molecular flexibility index (Phi) is 7.67. The predicted molar refractivity (Wildman–Crippen MR) is 116 cm³/mol. The Morgan fingerprint density at radius 2 is 1.93 bits per heavy atom. The molecule has 0 aromatic carbocycles. The molecule has 0 bridgehead atoms. The van der Waals surface area contributed by atoms with Crippen LogP contribution >= 0.6 is 24.8 Å². The van der Waals surface area contributed by atoms with Crippen molar-refractivity contribution in [1.29, 1.82) is 0 Å². The summed E-state index contributed by atoms with van der Waals surface area (Å²) < 4.78 is 1.90. The van der Waals surface area contributed by atoms with Crippen LogP contribution in [0, 0.1) is 6.92 Å². The minimum atomic E-state index is 0. The van der Waals surface area contributed by atoms with Crippen molar-refractivity contribution in [1.82, 2.24) is 29.9 Å². The van der Waals surface area contributed by atoms with Crippen LogP contribution in [0.25, 0.3) is 11.0 Å². The quantitative estimate of drug-likeness (QED) is 0.811. The summed E-state index contributed by atoms with van der Waals surface area (Å²) in [5, 5.41) is 8.72. The van der Waals surface area contributed by atoms with Crippen molar-refractivity contribution >= 4 is 41.8 Å². The fourth-order valence-corrected chi connectivity index (χ4v) is 4.14. The highest BCUT2D eigenvalue weighted by molar-refractivity contribution is 6.05. The van der Waals surface area contributed by atoms with Gasteiger partial charge in [0.2, 0.25) is 0 Å². The lowest BCUT2D eigenvalue weighted by Crippen LogP contribution is -2.49. The molecule has 2 fully saturated rings. The molecule has 2 aliphatic heterocycles. The van der Waals surface area contributed by atoms with Crippen LogP contribution in [0.3, 0.4) is 0 Å². The van der Waals surface area contributed by atoms with Gasteiger partial charge in [-0.05, 0) is 33.3 Å². The van der Waals surface area contributed by atoms with Gasteiger partial charge in [0.1, 0.15) is 0 Å². The Morgan fingerprint density at radius 1 is 1.21 bits per heavy atom. The molecule has 2 saturated heterocycles. The van der Waals surface area contributed by atoms with E-state index >= 15 is 0 Å². The van der Waals surface area contributed by atoms with E-state index in [1.807, 2.05) is 22.6 Å². The average Bonchev–Trinajstić information content (AvgIpc) is 3.28. The Bertz CT molecular complexity index is 818. The second-order valence-corrected chi connectivity index (χ2v) is 7.71. The van der Waals surface area contributed by atoms with Crippen molar-refractivity contribution in [2.24, 2.45) is 0 Å². The summed E-state index contributed by atoms with van der Waals surface area (Å²) in [6.45, 7) is 12.0. The maximum absolute atomic E-state index is 13.3. The van der Waals surface area contributed by atoms with Gasteiger partial charge in [-0.15, -0.1) is 24.8 Å². The molecule has 0 radical (unpaired) electrons. The van der Waals surface area contributed by atoms with E-state index in [2.05, 4.69) is 34.1 Å². The van der Waals surface area contributed by atoms with Gasteiger partial charge in [-0.3, -0.25) is 9.69 Å². The minimum absolute atomic E-state index is 0. The van der Waals surface area contributed by atoms with Crippen LogP contribution in [0.2, 0.25) is 0 Å². The molecule has 2 aromatic rings. The van der Waals surface area contributed by atoms with Crippen LogP contribution in [0.5, 0.6) is 0 Å². The SMILES string of the molecule is Cc1cc(C(=O)N2CCC(N3CCNCC3)C2)c2cnn(C(C)C)c2n1.Cl.Cl. The molecule has 1 unspecified atom stereocenters. The number of pyridine rings is 1. The van der Waals surface area contributed by atoms with Crippen LogP contribution in [0.4, 0.5) is 0 Å². The van der Waals surface area contributed by atoms with Gasteiger partial charge < -0.3 is 10.2 Å². The summed E-state index contributed by atoms with van der Waals surface area (Å²) in [7, 11) is 0. The third kappa shape index (κ3) is 4.27. The lowest BCUT2D eigenvalue weighted by atomic mass is 10.1. The van der Waals surface area contributed by atoms with E-state index in [-0.39, 0.29) is 36.8 Å². The number of halogens is 2. The number of carbonyl (C=O) groups is 1. The summed E-state index contributed by atoms with van der Waals surface area (Å²) in [5.74, 6) is 0.112. The van der Waals surface area contributed by atoms with Gasteiger partial charge in [0.25, 0.3) is 5.91 Å². The molecule has 2 aliphatic rings. The number of amides is 1. The van der Waals surface area contributed by atoms with Crippen LogP contribution in [0.15, 0.2) is 12.3 Å². The lowest BCUT2D eigenvalue weighted by Gasteiger charge is -2.32. The monoisotopic (exact) mass is 428 g/mol. The molecule has 156 valence electrons. The predicted octanol–water partition coefficient (Wildman–Crippen LogP) is 2.28. The zero-order chi connectivity index (χ0) is 18.3. The molecule has 28 heavy (non-hydrogen) atoms. The highest BCUT2D eigenvalue weighted by Crippen LogP contribution is 2.25. The van der Waals surface area contributed by atoms with E-state index in [1.54, 1.807) is 6.20 Å². The first kappa shape index (κ1) is 22.9. The standard InChI is InChI=1S/C19H28N6O.2ClH/c1-13(2)25-18-17(11-21-25)16(10-14(3)22-18)19(26)24-7-4-15(12-24)23-8-5-20-6-9-23;;/h10-11,13,15,20H,4-9,12H2,1-3H3;2*1H. The number of aryl methyl sites for hydroxylation is 1. The molecule has 0 saturated carbocycles. The first-order chi connectivity index (χ1) is 12.5. The van der Waals surface area contributed by atoms with Crippen LogP contribution in [-0.2, 0) is 0 Å². The molecule has 4 heterocycles. The molecule has 7 nitrogen and oxygen atoms in total. The maximum Gasteiger partial charge on any atom is 0.254 e. The molecule has 9 heteroatoms. The summed E-state index contributed by atoms with van der Waals surface area (Å²) in [6.07, 6.45) is 2.85. The number of rotatable bonds is 3. The van der Waals surface area contributed by atoms with E-state index in [4.69, 9.17) is 0 Å². The number of hydrogen-bond acceptors (Lipinski definition) is 5. The smallest absolute Gasteiger partial charge is 0.254 e. The van der Waals surface area contributed by atoms with Crippen LogP contribution in [0.1, 0.15) is 42.4 Å². The van der Waals surface area contributed by atoms with Crippen molar-refractivity contribution in [3.05, 3.63) is 23.5 Å². The molecular weight excluding hydrogens is 399 g/mol. The molecule has 1 N–H and O–H groups in total. The molecular formula is C19H30Cl2N6O. The molecule has 1 atom stereocenters. The van der Waals surface area contributed by atoms with E-state index in [0.29, 0.717) is 6.04 Å². The van der Waals surface area contributed by atoms with Gasteiger partial charge in [-0.1, -0.05) is 0 Å². The van der Waals surface area contributed by atoms with Crippen molar-refractivity contribution in [3.8, 4) is 0 Å². The fraction of sp³-hybridized carbons (Fsp3) is 0.632. The first-order valence-corrected chi connectivity index (χ1v) is 9.63. The van der Waals surface area contributed by atoms with Gasteiger partial charge >= 0.3 is 0 Å². The van der Waals surface area contributed by atoms with Gasteiger partial charge in [0.15, 0.2) is 5.65 Å². The normalized spacial score (nSPS) is 20.3. The van der Waals surface area contributed by atoms with Crippen LogP contribution < -0.4 is 5.32 Å². The van der Waals surface area contributed by atoms with Crippen molar-refractivity contribution in [2.75, 3.05) is 39.3 Å². The third-order valence-corrected chi connectivity index (χ3v) is 5.53. The Morgan fingerprint density at radius 3 is 2.61 bits per heavy atom. The van der Waals surface area contributed by atoms with E-state index in [1.165, 1.54) is 0 Å². The topological polar surface area (TPSA) is 66.3 Å².